The van der Waals surface area contributed by atoms with Gasteiger partial charge in [-0.2, -0.15) is 5.10 Å². The fourth-order valence-corrected chi connectivity index (χ4v) is 0.795. The van der Waals surface area contributed by atoms with Crippen LogP contribution in [0.5, 0.6) is 0 Å². The molecule has 0 bridgehead atoms. The molecule has 0 aliphatic heterocycles. The number of rotatable bonds is 3. The van der Waals surface area contributed by atoms with E-state index < -0.39 is 6.09 Å². The summed E-state index contributed by atoms with van der Waals surface area (Å²) in [6, 6.07) is 1.86. The van der Waals surface area contributed by atoms with Crippen LogP contribution in [-0.4, -0.2) is 29.9 Å². The fraction of sp³-hybridized carbons (Fsp3) is 0.429. The van der Waals surface area contributed by atoms with Crippen LogP contribution in [0, 0.1) is 0 Å². The summed E-state index contributed by atoms with van der Waals surface area (Å²) in [5.41, 5.74) is 0.992. The first-order valence-corrected chi connectivity index (χ1v) is 3.63. The average molecular weight is 169 g/mol. The monoisotopic (exact) mass is 169 g/mol. The highest BCUT2D eigenvalue weighted by atomic mass is 16.5. The number of alkyl carbamates (subject to hydrolysis) is 1. The number of amides is 1. The zero-order valence-corrected chi connectivity index (χ0v) is 6.83. The van der Waals surface area contributed by atoms with Gasteiger partial charge in [-0.25, -0.2) is 4.79 Å². The van der Waals surface area contributed by atoms with Crippen LogP contribution < -0.4 is 5.32 Å². The molecule has 2 N–H and O–H groups in total. The summed E-state index contributed by atoms with van der Waals surface area (Å²) in [4.78, 5) is 10.6. The van der Waals surface area contributed by atoms with Gasteiger partial charge in [0, 0.05) is 24.9 Å². The molecule has 1 heterocycles. The van der Waals surface area contributed by atoms with Crippen molar-refractivity contribution in [2.75, 3.05) is 13.7 Å². The molecule has 0 unspecified atom stereocenters. The van der Waals surface area contributed by atoms with Gasteiger partial charge in [-0.1, -0.05) is 0 Å². The maximum Gasteiger partial charge on any atom is 0.406 e. The summed E-state index contributed by atoms with van der Waals surface area (Å²) in [5.74, 6) is 0. The van der Waals surface area contributed by atoms with Crippen LogP contribution in [0.1, 0.15) is 5.69 Å². The lowest BCUT2D eigenvalue weighted by Crippen LogP contribution is -2.25. The highest BCUT2D eigenvalue weighted by Crippen LogP contribution is 1.90. The number of aromatic nitrogens is 2. The smallest absolute Gasteiger partial charge is 0.406 e. The maximum absolute atomic E-state index is 10.6. The van der Waals surface area contributed by atoms with Crippen LogP contribution >= 0.6 is 0 Å². The molecule has 0 aromatic carbocycles. The Morgan fingerprint density at radius 2 is 2.67 bits per heavy atom. The summed E-state index contributed by atoms with van der Waals surface area (Å²) in [5, 5.41) is 9.12. The van der Waals surface area contributed by atoms with E-state index in [0.29, 0.717) is 6.54 Å². The zero-order chi connectivity index (χ0) is 8.81. The first kappa shape index (κ1) is 8.58. The van der Waals surface area contributed by atoms with Crippen LogP contribution in [0.15, 0.2) is 12.3 Å². The minimum absolute atomic E-state index is 0.408. The summed E-state index contributed by atoms with van der Waals surface area (Å²) in [6.45, 7) is 0.550. The molecule has 0 atom stereocenters. The van der Waals surface area contributed by atoms with E-state index in [1.165, 1.54) is 7.11 Å². The molecule has 0 aliphatic carbocycles. The Kier molecular flexibility index (Phi) is 3.13. The van der Waals surface area contributed by atoms with Gasteiger partial charge >= 0.3 is 6.09 Å². The quantitative estimate of drug-likeness (QED) is 0.684. The van der Waals surface area contributed by atoms with Gasteiger partial charge < -0.3 is 10.1 Å². The molecule has 0 saturated carbocycles. The average Bonchev–Trinajstić information content (AvgIpc) is 2.57. The molecule has 0 saturated heterocycles. The van der Waals surface area contributed by atoms with Crippen LogP contribution in [0.25, 0.3) is 0 Å². The van der Waals surface area contributed by atoms with E-state index >= 15 is 0 Å². The number of nitrogens with one attached hydrogen (secondary N) is 2. The van der Waals surface area contributed by atoms with E-state index in [0.717, 1.165) is 12.1 Å². The van der Waals surface area contributed by atoms with Crippen molar-refractivity contribution in [1.82, 2.24) is 15.5 Å². The van der Waals surface area contributed by atoms with Gasteiger partial charge in [0.15, 0.2) is 0 Å². The van der Waals surface area contributed by atoms with Gasteiger partial charge in [-0.05, 0) is 6.07 Å². The van der Waals surface area contributed by atoms with E-state index in [4.69, 9.17) is 0 Å². The van der Waals surface area contributed by atoms with Crippen molar-refractivity contribution in [3.63, 3.8) is 0 Å². The lowest BCUT2D eigenvalue weighted by atomic mass is 10.3. The van der Waals surface area contributed by atoms with Crippen LogP contribution in [0.3, 0.4) is 0 Å². The van der Waals surface area contributed by atoms with Gasteiger partial charge in [-0.3, -0.25) is 5.10 Å². The van der Waals surface area contributed by atoms with Gasteiger partial charge in [0.25, 0.3) is 0 Å². The van der Waals surface area contributed by atoms with Crippen molar-refractivity contribution in [3.8, 4) is 0 Å². The summed E-state index contributed by atoms with van der Waals surface area (Å²) >= 11 is 0. The molecule has 0 aliphatic rings. The highest BCUT2D eigenvalue weighted by Gasteiger charge is 1.97. The van der Waals surface area contributed by atoms with Crippen LogP contribution in [-0.2, 0) is 11.2 Å². The number of H-pyrrole nitrogens is 1. The highest BCUT2D eigenvalue weighted by molar-refractivity contribution is 5.66. The molecule has 1 rings (SSSR count). The second-order valence-corrected chi connectivity index (χ2v) is 2.25. The van der Waals surface area contributed by atoms with Crippen LogP contribution in [0.4, 0.5) is 4.79 Å². The Hall–Kier alpha value is -1.52. The summed E-state index contributed by atoms with van der Waals surface area (Å²) in [7, 11) is 1.34. The summed E-state index contributed by atoms with van der Waals surface area (Å²) in [6.07, 6.45) is 2.00. The molecule has 0 fully saturated rings. The maximum atomic E-state index is 10.6. The predicted octanol–water partition coefficient (Wildman–Crippen LogP) is 0.308. The van der Waals surface area contributed by atoms with Gasteiger partial charge in [0.05, 0.1) is 7.11 Å². The van der Waals surface area contributed by atoms with Gasteiger partial charge in [0.1, 0.15) is 0 Å². The molecule has 0 spiro atoms. The zero-order valence-electron chi connectivity index (χ0n) is 6.83. The fourth-order valence-electron chi connectivity index (χ4n) is 0.795. The third kappa shape index (κ3) is 2.61. The minimum Gasteiger partial charge on any atom is -0.453 e. The normalized spacial score (nSPS) is 9.42. The number of carbonyl (C=O) groups excluding carboxylic acids is 1. The Morgan fingerprint density at radius 1 is 1.83 bits per heavy atom. The molecular weight excluding hydrogens is 158 g/mol. The van der Waals surface area contributed by atoms with Crippen molar-refractivity contribution < 1.29 is 9.53 Å². The first-order valence-electron chi connectivity index (χ1n) is 3.63. The largest absolute Gasteiger partial charge is 0.453 e. The Labute approximate surface area is 70.1 Å². The number of carbonyl (C=O) groups is 1. The second-order valence-electron chi connectivity index (χ2n) is 2.25. The second kappa shape index (κ2) is 4.38. The lowest BCUT2D eigenvalue weighted by Gasteiger charge is -2.00. The Morgan fingerprint density at radius 3 is 3.25 bits per heavy atom. The molecule has 1 aromatic rings. The molecule has 5 heteroatoms. The Balaban J connectivity index is 2.15. The number of hydrogen-bond acceptors (Lipinski definition) is 3. The van der Waals surface area contributed by atoms with Gasteiger partial charge in [0.2, 0.25) is 0 Å². The predicted molar refractivity (Wildman–Crippen MR) is 42.7 cm³/mol. The minimum atomic E-state index is -0.408. The Bertz CT molecular complexity index is 233. The standard InChI is InChI=1S/C7H11N3O2/c1-12-7(11)8-4-2-6-3-5-9-10-6/h3,5H,2,4H2,1H3,(H,8,11)(H,9,10). The third-order valence-electron chi connectivity index (χ3n) is 1.41. The number of hydrogen-bond donors (Lipinski definition) is 2. The van der Waals surface area contributed by atoms with Crippen molar-refractivity contribution >= 4 is 6.09 Å². The third-order valence-corrected chi connectivity index (χ3v) is 1.41. The van der Waals surface area contributed by atoms with Gasteiger partial charge in [-0.15, -0.1) is 0 Å². The first-order chi connectivity index (χ1) is 5.83. The molecule has 1 amide bonds. The van der Waals surface area contributed by atoms with E-state index in [-0.39, 0.29) is 0 Å². The SMILES string of the molecule is COC(=O)NCCc1ccn[nH]1. The molecular formula is C7H11N3O2. The lowest BCUT2D eigenvalue weighted by molar-refractivity contribution is 0.171. The molecule has 0 radical (unpaired) electrons. The number of ether oxygens (including phenoxy) is 1. The molecule has 66 valence electrons. The topological polar surface area (TPSA) is 67.0 Å². The number of methoxy groups -OCH3 is 1. The van der Waals surface area contributed by atoms with E-state index in [2.05, 4.69) is 20.3 Å². The van der Waals surface area contributed by atoms with Crippen molar-refractivity contribution in [3.05, 3.63) is 18.0 Å². The van der Waals surface area contributed by atoms with Crippen molar-refractivity contribution in [2.24, 2.45) is 0 Å². The summed E-state index contributed by atoms with van der Waals surface area (Å²) < 4.78 is 4.39. The van der Waals surface area contributed by atoms with E-state index in [1.807, 2.05) is 6.07 Å². The van der Waals surface area contributed by atoms with Crippen LogP contribution in [0.2, 0.25) is 0 Å². The van der Waals surface area contributed by atoms with E-state index in [1.54, 1.807) is 6.20 Å². The molecule has 12 heavy (non-hydrogen) atoms. The number of aromatic amines is 1. The molecule has 1 aromatic heterocycles. The number of nitrogens with zero attached hydrogens (tertiary/aromatic N) is 1. The van der Waals surface area contributed by atoms with E-state index in [9.17, 15) is 4.79 Å². The van der Waals surface area contributed by atoms with Crippen molar-refractivity contribution in [1.29, 1.82) is 0 Å². The molecule has 5 nitrogen and oxygen atoms in total. The van der Waals surface area contributed by atoms with Crippen molar-refractivity contribution in [2.45, 2.75) is 6.42 Å².